The Morgan fingerprint density at radius 2 is 1.72 bits per heavy atom. The maximum atomic E-state index is 12.6. The third-order valence-corrected chi connectivity index (χ3v) is 3.97. The summed E-state index contributed by atoms with van der Waals surface area (Å²) in [6, 6.07) is 22.8. The number of ether oxygens (including phenoxy) is 1. The lowest BCUT2D eigenvalue weighted by molar-refractivity contribution is -0.121. The highest BCUT2D eigenvalue weighted by Crippen LogP contribution is 2.22. The van der Waals surface area contributed by atoms with Crippen LogP contribution in [0.3, 0.4) is 0 Å². The molecule has 1 N–H and O–H groups in total. The molecule has 0 saturated carbocycles. The van der Waals surface area contributed by atoms with Crippen LogP contribution in [0.15, 0.2) is 79.0 Å². The zero-order valence-corrected chi connectivity index (χ0v) is 14.1. The van der Waals surface area contributed by atoms with Gasteiger partial charge in [0, 0.05) is 11.8 Å². The predicted molar refractivity (Wildman–Crippen MR) is 97.4 cm³/mol. The average molecular weight is 332 g/mol. The van der Waals surface area contributed by atoms with Crippen molar-refractivity contribution in [3.8, 4) is 5.75 Å². The van der Waals surface area contributed by atoms with Gasteiger partial charge in [0.15, 0.2) is 0 Å². The van der Waals surface area contributed by atoms with E-state index >= 15 is 0 Å². The van der Waals surface area contributed by atoms with Crippen LogP contribution in [0.2, 0.25) is 0 Å². The minimum absolute atomic E-state index is 0.0796. The zero-order valence-electron chi connectivity index (χ0n) is 14.1. The van der Waals surface area contributed by atoms with Gasteiger partial charge in [0.2, 0.25) is 5.91 Å². The second-order valence-electron chi connectivity index (χ2n) is 5.65. The number of amides is 1. The largest absolute Gasteiger partial charge is 0.496 e. The fraction of sp³-hybridized carbons (Fsp3) is 0.143. The summed E-state index contributed by atoms with van der Waals surface area (Å²) in [5.41, 5.74) is 2.66. The van der Waals surface area contributed by atoms with Crippen LogP contribution in [0, 0.1) is 0 Å². The number of rotatable bonds is 6. The number of hydrogen-bond acceptors (Lipinski definition) is 3. The second kappa shape index (κ2) is 8.11. The van der Waals surface area contributed by atoms with E-state index in [1.54, 1.807) is 13.3 Å². The van der Waals surface area contributed by atoms with E-state index in [9.17, 15) is 4.79 Å². The smallest absolute Gasteiger partial charge is 0.225 e. The van der Waals surface area contributed by atoms with Gasteiger partial charge in [0.05, 0.1) is 25.3 Å². The first-order chi connectivity index (χ1) is 12.3. The van der Waals surface area contributed by atoms with E-state index in [1.807, 2.05) is 72.8 Å². The number of hydrogen-bond donors (Lipinski definition) is 1. The minimum Gasteiger partial charge on any atom is -0.496 e. The Hall–Kier alpha value is -3.14. The maximum absolute atomic E-state index is 12.6. The number of nitrogens with one attached hydrogen (secondary N) is 1. The highest BCUT2D eigenvalue weighted by atomic mass is 16.5. The molecule has 1 aromatic heterocycles. The summed E-state index contributed by atoms with van der Waals surface area (Å²) in [5, 5.41) is 3.09. The summed E-state index contributed by atoms with van der Waals surface area (Å²) in [6.07, 6.45) is 1.98. The van der Waals surface area contributed by atoms with Crippen LogP contribution in [-0.2, 0) is 11.2 Å². The van der Waals surface area contributed by atoms with Crippen molar-refractivity contribution in [2.24, 2.45) is 0 Å². The first-order valence-electron chi connectivity index (χ1n) is 8.15. The van der Waals surface area contributed by atoms with E-state index in [0.717, 1.165) is 16.8 Å². The Kier molecular flexibility index (Phi) is 5.42. The Morgan fingerprint density at radius 1 is 1.00 bits per heavy atom. The molecule has 25 heavy (non-hydrogen) atoms. The third kappa shape index (κ3) is 4.23. The van der Waals surface area contributed by atoms with Crippen molar-refractivity contribution < 1.29 is 9.53 Å². The van der Waals surface area contributed by atoms with Gasteiger partial charge >= 0.3 is 0 Å². The molecule has 0 aliphatic heterocycles. The Labute approximate surface area is 147 Å². The van der Waals surface area contributed by atoms with E-state index in [0.29, 0.717) is 5.75 Å². The number of pyridine rings is 1. The molecule has 4 nitrogen and oxygen atoms in total. The van der Waals surface area contributed by atoms with Gasteiger partial charge in [-0.3, -0.25) is 9.78 Å². The van der Waals surface area contributed by atoms with Crippen LogP contribution in [0.25, 0.3) is 0 Å². The van der Waals surface area contributed by atoms with E-state index in [-0.39, 0.29) is 18.4 Å². The van der Waals surface area contributed by atoms with Crippen LogP contribution >= 0.6 is 0 Å². The van der Waals surface area contributed by atoms with Gasteiger partial charge in [0.25, 0.3) is 0 Å². The number of carbonyl (C=O) groups excluding carboxylic acids is 1. The number of carbonyl (C=O) groups is 1. The summed E-state index contributed by atoms with van der Waals surface area (Å²) in [6.45, 7) is 0. The quantitative estimate of drug-likeness (QED) is 0.751. The van der Waals surface area contributed by atoms with Crippen LogP contribution in [-0.4, -0.2) is 18.0 Å². The molecule has 2 aromatic carbocycles. The van der Waals surface area contributed by atoms with Crippen molar-refractivity contribution in [2.45, 2.75) is 12.5 Å². The van der Waals surface area contributed by atoms with Crippen molar-refractivity contribution in [3.05, 3.63) is 95.8 Å². The molecule has 3 rings (SSSR count). The standard InChI is InChI=1S/C21H20N2O2/c1-25-19-13-6-5-11-17(19)15-20(24)23-21(16-9-3-2-4-10-16)18-12-7-8-14-22-18/h2-14,21H,15H2,1H3,(H,23,24). The zero-order chi connectivity index (χ0) is 17.5. The summed E-state index contributed by atoms with van der Waals surface area (Å²) in [5.74, 6) is 0.635. The van der Waals surface area contributed by atoms with Crippen LogP contribution in [0.4, 0.5) is 0 Å². The van der Waals surface area contributed by atoms with Gasteiger partial charge in [-0.25, -0.2) is 0 Å². The monoisotopic (exact) mass is 332 g/mol. The van der Waals surface area contributed by atoms with Gasteiger partial charge < -0.3 is 10.1 Å². The minimum atomic E-state index is -0.287. The molecule has 0 saturated heterocycles. The topological polar surface area (TPSA) is 51.2 Å². The van der Waals surface area contributed by atoms with Gasteiger partial charge in [-0.2, -0.15) is 0 Å². The molecular formula is C21H20N2O2. The molecule has 0 aliphatic carbocycles. The first kappa shape index (κ1) is 16.7. The van der Waals surface area contributed by atoms with Crippen molar-refractivity contribution in [2.75, 3.05) is 7.11 Å². The molecule has 0 bridgehead atoms. The molecular weight excluding hydrogens is 312 g/mol. The molecule has 1 unspecified atom stereocenters. The van der Waals surface area contributed by atoms with Crippen LogP contribution < -0.4 is 10.1 Å². The molecule has 0 spiro atoms. The molecule has 1 atom stereocenters. The number of aromatic nitrogens is 1. The maximum Gasteiger partial charge on any atom is 0.225 e. The number of methoxy groups -OCH3 is 1. The Morgan fingerprint density at radius 3 is 2.44 bits per heavy atom. The summed E-state index contributed by atoms with van der Waals surface area (Å²) in [7, 11) is 1.61. The summed E-state index contributed by atoms with van der Waals surface area (Å²) in [4.78, 5) is 17.1. The Balaban J connectivity index is 1.82. The van der Waals surface area contributed by atoms with Gasteiger partial charge in [0.1, 0.15) is 5.75 Å². The number of benzene rings is 2. The van der Waals surface area contributed by atoms with E-state index in [1.165, 1.54) is 0 Å². The van der Waals surface area contributed by atoms with Crippen molar-refractivity contribution >= 4 is 5.91 Å². The molecule has 1 heterocycles. The lowest BCUT2D eigenvalue weighted by Gasteiger charge is -2.19. The Bertz CT molecular complexity index is 780. The molecule has 1 amide bonds. The van der Waals surface area contributed by atoms with Crippen LogP contribution in [0.5, 0.6) is 5.75 Å². The highest BCUT2D eigenvalue weighted by molar-refractivity contribution is 5.80. The molecule has 4 heteroatoms. The van der Waals surface area contributed by atoms with Gasteiger partial charge in [-0.15, -0.1) is 0 Å². The fourth-order valence-electron chi connectivity index (χ4n) is 2.75. The van der Waals surface area contributed by atoms with Gasteiger partial charge in [-0.1, -0.05) is 54.6 Å². The molecule has 0 fully saturated rings. The van der Waals surface area contributed by atoms with E-state index in [2.05, 4.69) is 10.3 Å². The lowest BCUT2D eigenvalue weighted by atomic mass is 10.0. The predicted octanol–water partition coefficient (Wildman–Crippen LogP) is 3.54. The molecule has 3 aromatic rings. The summed E-state index contributed by atoms with van der Waals surface area (Å²) >= 11 is 0. The van der Waals surface area contributed by atoms with E-state index < -0.39 is 0 Å². The van der Waals surface area contributed by atoms with E-state index in [4.69, 9.17) is 4.74 Å². The molecule has 0 radical (unpaired) electrons. The number of para-hydroxylation sites is 1. The second-order valence-corrected chi connectivity index (χ2v) is 5.65. The highest BCUT2D eigenvalue weighted by Gasteiger charge is 2.18. The SMILES string of the molecule is COc1ccccc1CC(=O)NC(c1ccccc1)c1ccccn1. The van der Waals surface area contributed by atoms with Gasteiger partial charge in [-0.05, 0) is 23.8 Å². The molecule has 126 valence electrons. The third-order valence-electron chi connectivity index (χ3n) is 3.97. The van der Waals surface area contributed by atoms with Crippen molar-refractivity contribution in [1.82, 2.24) is 10.3 Å². The van der Waals surface area contributed by atoms with Crippen molar-refractivity contribution in [1.29, 1.82) is 0 Å². The lowest BCUT2D eigenvalue weighted by Crippen LogP contribution is -2.31. The number of nitrogens with zero attached hydrogens (tertiary/aromatic N) is 1. The normalized spacial score (nSPS) is 11.6. The average Bonchev–Trinajstić information content (AvgIpc) is 2.68. The van der Waals surface area contributed by atoms with Crippen LogP contribution in [0.1, 0.15) is 22.9 Å². The molecule has 0 aliphatic rings. The first-order valence-corrected chi connectivity index (χ1v) is 8.15. The summed E-state index contributed by atoms with van der Waals surface area (Å²) < 4.78 is 5.33. The fourth-order valence-corrected chi connectivity index (χ4v) is 2.75. The van der Waals surface area contributed by atoms with Crippen molar-refractivity contribution in [3.63, 3.8) is 0 Å².